The molecule has 3 aromatic rings. The molecule has 7 nitrogen and oxygen atoms in total. The molecule has 0 spiro atoms. The highest BCUT2D eigenvalue weighted by molar-refractivity contribution is 5.85. The summed E-state index contributed by atoms with van der Waals surface area (Å²) in [5, 5.41) is 20.4. The van der Waals surface area contributed by atoms with Gasteiger partial charge in [0.15, 0.2) is 0 Å². The molecule has 0 aliphatic heterocycles. The lowest BCUT2D eigenvalue weighted by Gasteiger charge is -2.14. The number of aromatic nitrogens is 3. The van der Waals surface area contributed by atoms with Crippen molar-refractivity contribution in [3.05, 3.63) is 66.4 Å². The van der Waals surface area contributed by atoms with Gasteiger partial charge in [0.1, 0.15) is 11.7 Å². The van der Waals surface area contributed by atoms with Gasteiger partial charge in [0.25, 0.3) is 0 Å². The van der Waals surface area contributed by atoms with Gasteiger partial charge in [0.05, 0.1) is 17.8 Å². The van der Waals surface area contributed by atoms with Gasteiger partial charge in [0, 0.05) is 5.56 Å². The third-order valence-corrected chi connectivity index (χ3v) is 4.60. The van der Waals surface area contributed by atoms with E-state index in [2.05, 4.69) is 15.6 Å². The zero-order valence-corrected chi connectivity index (χ0v) is 16.3. The molecule has 0 saturated carbocycles. The van der Waals surface area contributed by atoms with E-state index < -0.39 is 12.0 Å². The third kappa shape index (κ3) is 5.07. The summed E-state index contributed by atoms with van der Waals surface area (Å²) in [7, 11) is 0. The topological polar surface area (TPSA) is 97.1 Å². The molecule has 3 rings (SSSR count). The van der Waals surface area contributed by atoms with E-state index in [0.29, 0.717) is 17.8 Å². The molecule has 0 aliphatic carbocycles. The van der Waals surface area contributed by atoms with Crippen molar-refractivity contribution in [1.29, 1.82) is 0 Å². The monoisotopic (exact) mass is 392 g/mol. The van der Waals surface area contributed by atoms with Gasteiger partial charge in [-0.1, -0.05) is 73.5 Å². The van der Waals surface area contributed by atoms with Crippen molar-refractivity contribution >= 4 is 11.9 Å². The first-order chi connectivity index (χ1) is 14.1. The van der Waals surface area contributed by atoms with Crippen LogP contribution < -0.4 is 5.32 Å². The van der Waals surface area contributed by atoms with Gasteiger partial charge in [-0.05, 0) is 18.6 Å². The summed E-state index contributed by atoms with van der Waals surface area (Å²) in [5.74, 6) is -1.41. The van der Waals surface area contributed by atoms with Crippen LogP contribution in [0.2, 0.25) is 0 Å². The minimum absolute atomic E-state index is 0.0486. The number of rotatable bonds is 9. The van der Waals surface area contributed by atoms with Crippen molar-refractivity contribution in [2.75, 3.05) is 0 Å². The standard InChI is InChI=1S/C22H24N4O3/c1-2-3-14-18(22(28)29)23-20(27)15-19-21(16-10-6-4-7-11-16)26(25-24-19)17-12-8-5-9-13-17/h4-13,18H,2-3,14-15H2,1H3,(H,23,27)(H,28,29). The van der Waals surface area contributed by atoms with E-state index >= 15 is 0 Å². The van der Waals surface area contributed by atoms with E-state index in [4.69, 9.17) is 0 Å². The Morgan fingerprint density at radius 1 is 1.07 bits per heavy atom. The van der Waals surface area contributed by atoms with Crippen molar-refractivity contribution in [1.82, 2.24) is 20.3 Å². The fraction of sp³-hybridized carbons (Fsp3) is 0.273. The first-order valence-electron chi connectivity index (χ1n) is 9.67. The number of nitrogens with one attached hydrogen (secondary N) is 1. The fourth-order valence-corrected chi connectivity index (χ4v) is 3.13. The fourth-order valence-electron chi connectivity index (χ4n) is 3.13. The van der Waals surface area contributed by atoms with Crippen molar-refractivity contribution < 1.29 is 14.7 Å². The normalized spacial score (nSPS) is 11.8. The number of carboxylic acid groups (broad SMARTS) is 1. The summed E-state index contributed by atoms with van der Waals surface area (Å²) in [6, 6.07) is 18.3. The molecule has 0 bridgehead atoms. The van der Waals surface area contributed by atoms with Crippen LogP contribution in [0.1, 0.15) is 31.9 Å². The number of unbranched alkanes of at least 4 members (excludes halogenated alkanes) is 1. The number of hydrogen-bond donors (Lipinski definition) is 2. The number of aliphatic carboxylic acids is 1. The Morgan fingerprint density at radius 3 is 2.34 bits per heavy atom. The Labute approximate surface area is 169 Å². The summed E-state index contributed by atoms with van der Waals surface area (Å²) >= 11 is 0. The van der Waals surface area contributed by atoms with Crippen molar-refractivity contribution in [2.45, 2.75) is 38.6 Å². The number of carbonyl (C=O) groups is 2. The van der Waals surface area contributed by atoms with Crippen LogP contribution in [0.25, 0.3) is 16.9 Å². The van der Waals surface area contributed by atoms with Gasteiger partial charge in [-0.15, -0.1) is 5.10 Å². The number of hydrogen-bond acceptors (Lipinski definition) is 4. The maximum Gasteiger partial charge on any atom is 0.326 e. The summed E-state index contributed by atoms with van der Waals surface area (Å²) in [6.07, 6.45) is 1.95. The van der Waals surface area contributed by atoms with Crippen LogP contribution in [-0.2, 0) is 16.0 Å². The lowest BCUT2D eigenvalue weighted by atomic mass is 10.1. The molecule has 1 amide bonds. The van der Waals surface area contributed by atoms with Gasteiger partial charge >= 0.3 is 5.97 Å². The quantitative estimate of drug-likeness (QED) is 0.583. The van der Waals surface area contributed by atoms with Crippen LogP contribution in [0.4, 0.5) is 0 Å². The average Bonchev–Trinajstić information content (AvgIpc) is 3.15. The van der Waals surface area contributed by atoms with Crippen LogP contribution in [0.15, 0.2) is 60.7 Å². The van der Waals surface area contributed by atoms with Gasteiger partial charge in [0.2, 0.25) is 5.91 Å². The lowest BCUT2D eigenvalue weighted by molar-refractivity contribution is -0.142. The number of benzene rings is 2. The Bertz CT molecular complexity index is 955. The number of nitrogens with zero attached hydrogens (tertiary/aromatic N) is 3. The maximum absolute atomic E-state index is 12.6. The second-order valence-electron chi connectivity index (χ2n) is 6.78. The lowest BCUT2D eigenvalue weighted by Crippen LogP contribution is -2.41. The molecule has 2 aromatic carbocycles. The number of carbonyl (C=O) groups excluding carboxylic acids is 1. The molecule has 0 aliphatic rings. The minimum Gasteiger partial charge on any atom is -0.480 e. The van der Waals surface area contributed by atoms with E-state index in [1.165, 1.54) is 0 Å². The highest BCUT2D eigenvalue weighted by Crippen LogP contribution is 2.25. The first kappa shape index (κ1) is 20.3. The second-order valence-corrected chi connectivity index (χ2v) is 6.78. The molecule has 7 heteroatoms. The molecule has 0 fully saturated rings. The van der Waals surface area contributed by atoms with Crippen LogP contribution in [0, 0.1) is 0 Å². The van der Waals surface area contributed by atoms with Gasteiger partial charge < -0.3 is 10.4 Å². The van der Waals surface area contributed by atoms with E-state index in [1.807, 2.05) is 67.6 Å². The third-order valence-electron chi connectivity index (χ3n) is 4.60. The molecule has 1 unspecified atom stereocenters. The van der Waals surface area contributed by atoms with Crippen molar-refractivity contribution in [2.24, 2.45) is 0 Å². The Hall–Kier alpha value is -3.48. The zero-order valence-electron chi connectivity index (χ0n) is 16.3. The van der Waals surface area contributed by atoms with Crippen LogP contribution in [0.5, 0.6) is 0 Å². The SMILES string of the molecule is CCCCC(NC(=O)Cc1nnn(-c2ccccc2)c1-c1ccccc1)C(=O)O. The van der Waals surface area contributed by atoms with Crippen LogP contribution in [-0.4, -0.2) is 38.0 Å². The molecule has 0 saturated heterocycles. The predicted molar refractivity (Wildman–Crippen MR) is 110 cm³/mol. The smallest absolute Gasteiger partial charge is 0.326 e. The van der Waals surface area contributed by atoms with E-state index in [9.17, 15) is 14.7 Å². The van der Waals surface area contributed by atoms with Crippen LogP contribution in [0.3, 0.4) is 0 Å². The van der Waals surface area contributed by atoms with Crippen molar-refractivity contribution in [3.8, 4) is 16.9 Å². The van der Waals surface area contributed by atoms with E-state index in [-0.39, 0.29) is 12.3 Å². The molecular formula is C22H24N4O3. The zero-order chi connectivity index (χ0) is 20.6. The Balaban J connectivity index is 1.88. The highest BCUT2D eigenvalue weighted by atomic mass is 16.4. The summed E-state index contributed by atoms with van der Waals surface area (Å²) in [5.41, 5.74) is 2.92. The largest absolute Gasteiger partial charge is 0.480 e. The highest BCUT2D eigenvalue weighted by Gasteiger charge is 2.23. The summed E-state index contributed by atoms with van der Waals surface area (Å²) < 4.78 is 1.70. The maximum atomic E-state index is 12.6. The first-order valence-corrected chi connectivity index (χ1v) is 9.67. The summed E-state index contributed by atoms with van der Waals surface area (Å²) in [6.45, 7) is 1.98. The second kappa shape index (κ2) is 9.64. The van der Waals surface area contributed by atoms with E-state index in [1.54, 1.807) is 4.68 Å². The average molecular weight is 392 g/mol. The molecule has 1 atom stereocenters. The van der Waals surface area contributed by atoms with E-state index in [0.717, 1.165) is 24.1 Å². The molecule has 0 radical (unpaired) electrons. The van der Waals surface area contributed by atoms with Gasteiger partial charge in [-0.3, -0.25) is 4.79 Å². The molecule has 2 N–H and O–H groups in total. The van der Waals surface area contributed by atoms with Crippen molar-refractivity contribution in [3.63, 3.8) is 0 Å². The summed E-state index contributed by atoms with van der Waals surface area (Å²) in [4.78, 5) is 24.0. The number of para-hydroxylation sites is 1. The Kier molecular flexibility index (Phi) is 6.73. The molecular weight excluding hydrogens is 368 g/mol. The Morgan fingerprint density at radius 2 is 1.72 bits per heavy atom. The predicted octanol–water partition coefficient (Wildman–Crippen LogP) is 3.24. The minimum atomic E-state index is -1.02. The van der Waals surface area contributed by atoms with Crippen LogP contribution >= 0.6 is 0 Å². The van der Waals surface area contributed by atoms with Gasteiger partial charge in [-0.2, -0.15) is 0 Å². The van der Waals surface area contributed by atoms with Gasteiger partial charge in [-0.25, -0.2) is 9.48 Å². The number of carboxylic acids is 1. The molecule has 150 valence electrons. The molecule has 29 heavy (non-hydrogen) atoms. The molecule has 1 aromatic heterocycles. The number of amides is 1. The molecule has 1 heterocycles.